The standard InChI is InChI=1S/C13H10BClN4/c1-16-12-6-11(8-4-2-3-5-10(8)15)18-13-9(14)7-17-19(12)13/h2-7,16H,1H3. The van der Waals surface area contributed by atoms with Gasteiger partial charge in [-0.2, -0.15) is 9.61 Å². The van der Waals surface area contributed by atoms with Crippen LogP contribution in [-0.4, -0.2) is 29.5 Å². The van der Waals surface area contributed by atoms with Crippen LogP contribution in [0.5, 0.6) is 0 Å². The first-order chi connectivity index (χ1) is 9.20. The number of nitrogens with one attached hydrogen (secondary N) is 1. The molecule has 0 spiro atoms. The van der Waals surface area contributed by atoms with Crippen molar-refractivity contribution in [1.29, 1.82) is 0 Å². The van der Waals surface area contributed by atoms with Gasteiger partial charge < -0.3 is 5.32 Å². The number of rotatable bonds is 2. The van der Waals surface area contributed by atoms with E-state index in [2.05, 4.69) is 15.4 Å². The molecule has 0 fully saturated rings. The number of fused-ring (bicyclic) bond motifs is 1. The quantitative estimate of drug-likeness (QED) is 0.722. The van der Waals surface area contributed by atoms with Crippen molar-refractivity contribution in [3.8, 4) is 11.3 Å². The maximum absolute atomic E-state index is 6.21. The van der Waals surface area contributed by atoms with Crippen molar-refractivity contribution in [3.05, 3.63) is 41.6 Å². The third-order valence-electron chi connectivity index (χ3n) is 2.91. The van der Waals surface area contributed by atoms with Gasteiger partial charge in [0.05, 0.1) is 5.69 Å². The van der Waals surface area contributed by atoms with E-state index in [0.29, 0.717) is 16.1 Å². The molecule has 0 unspecified atom stereocenters. The van der Waals surface area contributed by atoms with E-state index in [4.69, 9.17) is 19.4 Å². The van der Waals surface area contributed by atoms with E-state index in [1.54, 1.807) is 10.7 Å². The van der Waals surface area contributed by atoms with Gasteiger partial charge in [0.25, 0.3) is 0 Å². The van der Waals surface area contributed by atoms with Gasteiger partial charge in [-0.25, -0.2) is 4.98 Å². The minimum Gasteiger partial charge on any atom is -0.373 e. The van der Waals surface area contributed by atoms with Crippen molar-refractivity contribution in [1.82, 2.24) is 14.6 Å². The minimum atomic E-state index is 0.533. The van der Waals surface area contributed by atoms with Crippen molar-refractivity contribution in [2.75, 3.05) is 12.4 Å². The molecule has 92 valence electrons. The second kappa shape index (κ2) is 4.59. The first-order valence-electron chi connectivity index (χ1n) is 5.77. The Kier molecular flexibility index (Phi) is 2.91. The molecule has 0 amide bonds. The Morgan fingerprint density at radius 2 is 2.11 bits per heavy atom. The highest BCUT2D eigenvalue weighted by Crippen LogP contribution is 2.27. The topological polar surface area (TPSA) is 42.2 Å². The first-order valence-corrected chi connectivity index (χ1v) is 6.15. The maximum Gasteiger partial charge on any atom is 0.150 e. The highest BCUT2D eigenvalue weighted by molar-refractivity contribution is 6.36. The Morgan fingerprint density at radius 1 is 1.32 bits per heavy atom. The molecule has 4 nitrogen and oxygen atoms in total. The zero-order chi connectivity index (χ0) is 13.4. The summed E-state index contributed by atoms with van der Waals surface area (Å²) in [5.41, 5.74) is 2.77. The second-order valence-electron chi connectivity index (χ2n) is 4.09. The molecule has 19 heavy (non-hydrogen) atoms. The molecule has 0 aliphatic carbocycles. The normalized spacial score (nSPS) is 10.8. The summed E-state index contributed by atoms with van der Waals surface area (Å²) in [5, 5.41) is 7.91. The maximum atomic E-state index is 6.21. The van der Waals surface area contributed by atoms with Crippen LogP contribution in [0.25, 0.3) is 16.9 Å². The lowest BCUT2D eigenvalue weighted by molar-refractivity contribution is 0.945. The molecule has 0 aliphatic heterocycles. The van der Waals surface area contributed by atoms with Gasteiger partial charge in [-0.3, -0.25) is 0 Å². The summed E-state index contributed by atoms with van der Waals surface area (Å²) in [4.78, 5) is 4.53. The SMILES string of the molecule is [B]c1cnn2c(NC)cc(-c3ccccc3Cl)nc12. The van der Waals surface area contributed by atoms with E-state index in [9.17, 15) is 0 Å². The van der Waals surface area contributed by atoms with E-state index < -0.39 is 0 Å². The zero-order valence-electron chi connectivity index (χ0n) is 10.3. The van der Waals surface area contributed by atoms with Crippen LogP contribution >= 0.6 is 11.6 Å². The summed E-state index contributed by atoms with van der Waals surface area (Å²) in [6, 6.07) is 9.46. The summed E-state index contributed by atoms with van der Waals surface area (Å²) in [5.74, 6) is 0.802. The fraction of sp³-hybridized carbons (Fsp3) is 0.0769. The molecule has 0 aliphatic rings. The van der Waals surface area contributed by atoms with Crippen LogP contribution in [0, 0.1) is 0 Å². The van der Waals surface area contributed by atoms with E-state index in [0.717, 1.165) is 17.1 Å². The van der Waals surface area contributed by atoms with Crippen LogP contribution in [0.1, 0.15) is 0 Å². The average Bonchev–Trinajstić information content (AvgIpc) is 2.80. The van der Waals surface area contributed by atoms with Gasteiger partial charge in [-0.05, 0) is 11.5 Å². The Hall–Kier alpha value is -2.01. The summed E-state index contributed by atoms with van der Waals surface area (Å²) < 4.78 is 1.66. The monoisotopic (exact) mass is 268 g/mol. The van der Waals surface area contributed by atoms with E-state index >= 15 is 0 Å². The molecule has 0 atom stereocenters. The summed E-state index contributed by atoms with van der Waals surface area (Å²) in [6.07, 6.45) is 1.58. The molecule has 2 heterocycles. The van der Waals surface area contributed by atoms with Crippen molar-refractivity contribution in [2.45, 2.75) is 0 Å². The largest absolute Gasteiger partial charge is 0.373 e. The van der Waals surface area contributed by atoms with Gasteiger partial charge in [-0.1, -0.05) is 29.8 Å². The number of benzene rings is 1. The van der Waals surface area contributed by atoms with Gasteiger partial charge in [0.15, 0.2) is 5.65 Å². The molecular weight excluding hydrogens is 258 g/mol. The smallest absolute Gasteiger partial charge is 0.150 e. The summed E-state index contributed by atoms with van der Waals surface area (Å²) in [7, 11) is 7.70. The van der Waals surface area contributed by atoms with Crippen LogP contribution in [0.2, 0.25) is 5.02 Å². The third kappa shape index (κ3) is 1.96. The number of anilines is 1. The van der Waals surface area contributed by atoms with Crippen LogP contribution in [0.15, 0.2) is 36.5 Å². The third-order valence-corrected chi connectivity index (χ3v) is 3.23. The molecule has 1 N–H and O–H groups in total. The molecule has 6 heteroatoms. The van der Waals surface area contributed by atoms with Gasteiger partial charge in [-0.15, -0.1) is 0 Å². The first kappa shape index (κ1) is 12.1. The second-order valence-corrected chi connectivity index (χ2v) is 4.50. The molecular formula is C13H10BClN4. The van der Waals surface area contributed by atoms with Crippen LogP contribution in [0.4, 0.5) is 5.82 Å². The molecule has 2 radical (unpaired) electrons. The average molecular weight is 269 g/mol. The Morgan fingerprint density at radius 3 is 2.84 bits per heavy atom. The van der Waals surface area contributed by atoms with Crippen molar-refractivity contribution in [3.63, 3.8) is 0 Å². The lowest BCUT2D eigenvalue weighted by atomic mass is 10.0. The summed E-state index contributed by atoms with van der Waals surface area (Å²) in [6.45, 7) is 0. The fourth-order valence-corrected chi connectivity index (χ4v) is 2.20. The Bertz CT molecular complexity index is 753. The summed E-state index contributed by atoms with van der Waals surface area (Å²) >= 11 is 6.21. The Labute approximate surface area is 116 Å². The van der Waals surface area contributed by atoms with Crippen molar-refractivity contribution in [2.24, 2.45) is 0 Å². The number of hydrogen-bond acceptors (Lipinski definition) is 3. The van der Waals surface area contributed by atoms with E-state index in [1.807, 2.05) is 37.4 Å². The number of hydrogen-bond donors (Lipinski definition) is 1. The number of halogens is 1. The predicted molar refractivity (Wildman–Crippen MR) is 78.4 cm³/mol. The lowest BCUT2D eigenvalue weighted by Gasteiger charge is -2.09. The van der Waals surface area contributed by atoms with Crippen LogP contribution in [0.3, 0.4) is 0 Å². The van der Waals surface area contributed by atoms with Gasteiger partial charge in [0, 0.05) is 29.9 Å². The number of aromatic nitrogens is 3. The predicted octanol–water partition coefficient (Wildman–Crippen LogP) is 1.89. The van der Waals surface area contributed by atoms with Crippen molar-refractivity contribution >= 4 is 36.4 Å². The highest BCUT2D eigenvalue weighted by Gasteiger charge is 2.11. The van der Waals surface area contributed by atoms with Gasteiger partial charge >= 0.3 is 0 Å². The zero-order valence-corrected chi connectivity index (χ0v) is 11.0. The van der Waals surface area contributed by atoms with E-state index in [-0.39, 0.29) is 0 Å². The minimum absolute atomic E-state index is 0.533. The molecule has 3 rings (SSSR count). The molecule has 1 aromatic carbocycles. The molecule has 0 saturated carbocycles. The van der Waals surface area contributed by atoms with Gasteiger partial charge in [0.1, 0.15) is 13.7 Å². The lowest BCUT2D eigenvalue weighted by Crippen LogP contribution is -2.07. The Balaban J connectivity index is 2.30. The fourth-order valence-electron chi connectivity index (χ4n) is 1.96. The van der Waals surface area contributed by atoms with E-state index in [1.165, 1.54) is 0 Å². The van der Waals surface area contributed by atoms with Crippen LogP contribution in [-0.2, 0) is 0 Å². The van der Waals surface area contributed by atoms with Gasteiger partial charge in [0.2, 0.25) is 0 Å². The van der Waals surface area contributed by atoms with Crippen molar-refractivity contribution < 1.29 is 0 Å². The highest BCUT2D eigenvalue weighted by atomic mass is 35.5. The molecule has 2 aromatic heterocycles. The molecule has 0 saturated heterocycles. The molecule has 0 bridgehead atoms. The number of nitrogens with zero attached hydrogens (tertiary/aromatic N) is 3. The van der Waals surface area contributed by atoms with Crippen LogP contribution < -0.4 is 10.8 Å². The molecule has 3 aromatic rings.